The third kappa shape index (κ3) is 21.4. The number of carbonyl (C=O) groups excluding carboxylic acids is 1. The molecule has 0 aromatic rings. The van der Waals surface area contributed by atoms with E-state index in [2.05, 4.69) is 42.2 Å². The minimum absolute atomic E-state index is 0.163. The van der Waals surface area contributed by atoms with Gasteiger partial charge in [-0.3, -0.25) is 14.8 Å². The van der Waals surface area contributed by atoms with E-state index in [1.54, 1.807) is 0 Å². The number of carbonyl (C=O) groups is 2. The topological polar surface area (TPSA) is 630 Å². The van der Waals surface area contributed by atoms with Crippen LogP contribution in [0.2, 0.25) is 0 Å². The van der Waals surface area contributed by atoms with Crippen molar-refractivity contribution in [2.24, 2.45) is 98.8 Å². The summed E-state index contributed by atoms with van der Waals surface area (Å²) < 4.78 is 68.9. The van der Waals surface area contributed by atoms with Crippen LogP contribution < -0.4 is 74.1 Å². The number of carboxylic acid groups (broad SMARTS) is 1. The van der Waals surface area contributed by atoms with Gasteiger partial charge in [-0.05, 0) is 12.8 Å². The number of nitrogens with zero attached hydrogens (tertiary/aromatic N) is 6. The monoisotopic (exact) mass is 1160 g/mol. The number of aliphatic hydroxyl groups excluding tert-OH is 6. The van der Waals surface area contributed by atoms with E-state index in [4.69, 9.17) is 107 Å². The van der Waals surface area contributed by atoms with Crippen LogP contribution in [0.25, 0.3) is 0 Å². The van der Waals surface area contributed by atoms with Crippen LogP contribution in [0.15, 0.2) is 30.0 Å². The van der Waals surface area contributed by atoms with Crippen LogP contribution in [0.1, 0.15) is 77.6 Å². The van der Waals surface area contributed by atoms with E-state index in [9.17, 15) is 48.6 Å². The minimum Gasteiger partial charge on any atom is -0.475 e. The molecule has 0 bridgehead atoms. The second-order valence-corrected chi connectivity index (χ2v) is 19.2. The average Bonchev–Trinajstić information content (AvgIpc) is 3.68. The Bertz CT molecular complexity index is 2110. The highest BCUT2D eigenvalue weighted by molar-refractivity contribution is 5.78. The average molecular weight is 1160 g/mol. The second kappa shape index (κ2) is 32.3. The highest BCUT2D eigenvalue weighted by atomic mass is 19.4. The minimum atomic E-state index is -5.08. The van der Waals surface area contributed by atoms with E-state index in [-0.39, 0.29) is 50.3 Å². The number of aliphatic hydroxyl groups is 6. The first kappa shape index (κ1) is 68.1. The fourth-order valence-corrected chi connectivity index (χ4v) is 9.08. The molecule has 1 unspecified atom stereocenters. The van der Waals surface area contributed by atoms with Crippen LogP contribution in [-0.2, 0) is 38.0 Å². The Morgan fingerprint density at radius 3 is 1.51 bits per heavy atom. The van der Waals surface area contributed by atoms with Crippen LogP contribution in [0, 0.1) is 0 Å². The van der Waals surface area contributed by atoms with Crippen molar-refractivity contribution < 1.29 is 86.9 Å². The molecule has 32 N–H and O–H groups in total. The van der Waals surface area contributed by atoms with Gasteiger partial charge in [-0.15, -0.1) is 0 Å². The molecule has 3 aliphatic heterocycles. The molecular weight excluding hydrogens is 1080 g/mol. The SMILES string of the molecule is CCCCCCCCCCCC(=O)NC[C@H]1OC(O[C@@H]2[C@@H](O)[C@H](N=C(N)N)C[C@H](N=C(N)N)[C@H]2O[C@H]2O[C@H](CN=C(N)N)[C@@H](O)[C@H](O)[C@H]2N=C(N)N)[C@H](O)[C@@H]1O[C@@H]1[C@H](N=C(N)N)[C@H](O)[C@@H](CN=C(N)N)O[C@@H]1O.O=C(O)C(F)(F)F. The van der Waals surface area contributed by atoms with Gasteiger partial charge in [-0.1, -0.05) is 58.3 Å². The summed E-state index contributed by atoms with van der Waals surface area (Å²) in [5, 5.41) is 79.3. The van der Waals surface area contributed by atoms with Crippen LogP contribution in [0.4, 0.5) is 13.2 Å². The number of unbranched alkanes of at least 4 members (excludes halogenated alkanes) is 8. The molecule has 1 saturated carbocycles. The lowest BCUT2D eigenvalue weighted by molar-refractivity contribution is -0.306. The lowest BCUT2D eigenvalue weighted by Gasteiger charge is -2.47. The van der Waals surface area contributed by atoms with E-state index in [0.717, 1.165) is 38.5 Å². The highest BCUT2D eigenvalue weighted by Gasteiger charge is 2.56. The van der Waals surface area contributed by atoms with Crippen LogP contribution in [-0.4, -0.2) is 225 Å². The van der Waals surface area contributed by atoms with Gasteiger partial charge >= 0.3 is 12.1 Å². The van der Waals surface area contributed by atoms with E-state index in [1.165, 1.54) is 12.8 Å². The van der Waals surface area contributed by atoms with Crippen molar-refractivity contribution in [3.8, 4) is 0 Å². The number of amides is 1. The molecule has 3 heterocycles. The van der Waals surface area contributed by atoms with Crippen molar-refractivity contribution in [2.45, 2.75) is 200 Å². The molecule has 0 aromatic carbocycles. The summed E-state index contributed by atoms with van der Waals surface area (Å²) in [6, 6.07) is -5.50. The van der Waals surface area contributed by atoms with Gasteiger partial charge in [0.25, 0.3) is 0 Å². The van der Waals surface area contributed by atoms with Crippen molar-refractivity contribution in [2.75, 3.05) is 19.6 Å². The normalized spacial score (nSPS) is 33.1. The van der Waals surface area contributed by atoms with Crippen molar-refractivity contribution in [3.63, 3.8) is 0 Å². The van der Waals surface area contributed by atoms with Crippen molar-refractivity contribution >= 4 is 47.6 Å². The Balaban J connectivity index is 0.00000224. The molecule has 4 aliphatic rings. The third-order valence-corrected chi connectivity index (χ3v) is 12.8. The fraction of sp³-hybridized carbons (Fsp3) is 0.814. The first-order valence-electron chi connectivity index (χ1n) is 25.5. The summed E-state index contributed by atoms with van der Waals surface area (Å²) >= 11 is 0. The summed E-state index contributed by atoms with van der Waals surface area (Å²) in [4.78, 5) is 46.5. The summed E-state index contributed by atoms with van der Waals surface area (Å²) in [6.07, 6.45) is -20.4. The predicted molar refractivity (Wildman–Crippen MR) is 280 cm³/mol. The molecule has 4 rings (SSSR count). The van der Waals surface area contributed by atoms with Gasteiger partial charge in [0.15, 0.2) is 54.6 Å². The first-order chi connectivity index (χ1) is 37.5. The van der Waals surface area contributed by atoms with E-state index in [1.807, 2.05) is 0 Å². The van der Waals surface area contributed by atoms with E-state index < -0.39 is 152 Å². The van der Waals surface area contributed by atoms with Gasteiger partial charge in [-0.2, -0.15) is 13.2 Å². The van der Waals surface area contributed by atoms with Gasteiger partial charge in [-0.25, -0.2) is 24.8 Å². The highest BCUT2D eigenvalue weighted by Crippen LogP contribution is 2.38. The summed E-state index contributed by atoms with van der Waals surface area (Å²) in [7, 11) is 0. The quantitative estimate of drug-likeness (QED) is 0.0217. The number of hydrogen-bond donors (Lipinski definition) is 20. The Morgan fingerprint density at radius 1 is 0.525 bits per heavy atom. The maximum atomic E-state index is 13.3. The molecule has 3 saturated heterocycles. The zero-order chi connectivity index (χ0) is 60.2. The fourth-order valence-electron chi connectivity index (χ4n) is 9.08. The van der Waals surface area contributed by atoms with Crippen LogP contribution in [0.3, 0.4) is 0 Å². The number of carboxylic acids is 1. The number of alkyl halides is 3. The van der Waals surface area contributed by atoms with Crippen LogP contribution in [0.5, 0.6) is 0 Å². The number of halogens is 3. The largest absolute Gasteiger partial charge is 0.490 e. The molecule has 19 atom stereocenters. The second-order valence-electron chi connectivity index (χ2n) is 19.2. The zero-order valence-corrected chi connectivity index (χ0v) is 44.0. The molecule has 0 radical (unpaired) electrons. The maximum Gasteiger partial charge on any atom is 0.490 e. The summed E-state index contributed by atoms with van der Waals surface area (Å²) in [6.45, 7) is 1.13. The Kier molecular flexibility index (Phi) is 27.6. The van der Waals surface area contributed by atoms with Gasteiger partial charge in [0.05, 0.1) is 25.2 Å². The first-order valence-corrected chi connectivity index (χ1v) is 25.5. The number of rotatable bonds is 26. The van der Waals surface area contributed by atoms with Crippen LogP contribution >= 0.6 is 0 Å². The smallest absolute Gasteiger partial charge is 0.475 e. The van der Waals surface area contributed by atoms with Gasteiger partial charge < -0.3 is 138 Å². The summed E-state index contributed by atoms with van der Waals surface area (Å²) in [5.41, 5.74) is 68.3. The van der Waals surface area contributed by atoms with Crippen molar-refractivity contribution in [1.82, 2.24) is 5.32 Å². The molecule has 34 nitrogen and oxygen atoms in total. The number of aliphatic carboxylic acids is 1. The molecule has 1 aliphatic carbocycles. The Hall–Kier alpha value is -6.13. The molecule has 80 heavy (non-hydrogen) atoms. The molecule has 4 fully saturated rings. The molecule has 1 amide bonds. The third-order valence-electron chi connectivity index (χ3n) is 12.8. The van der Waals surface area contributed by atoms with E-state index in [0.29, 0.717) is 6.42 Å². The number of aliphatic imine (C=N–C) groups is 6. The number of guanidine groups is 6. The number of nitrogens with two attached hydrogens (primary N) is 12. The lowest BCUT2D eigenvalue weighted by atomic mass is 9.83. The summed E-state index contributed by atoms with van der Waals surface area (Å²) in [5.74, 6) is -5.82. The van der Waals surface area contributed by atoms with Crippen molar-refractivity contribution in [1.29, 1.82) is 0 Å². The lowest BCUT2D eigenvalue weighted by Crippen LogP contribution is -2.64. The van der Waals surface area contributed by atoms with Crippen molar-refractivity contribution in [3.05, 3.63) is 0 Å². The number of hydrogen-bond acceptors (Lipinski definition) is 20. The predicted octanol–water partition coefficient (Wildman–Crippen LogP) is -8.33. The van der Waals surface area contributed by atoms with E-state index >= 15 is 0 Å². The number of nitrogens with one attached hydrogen (secondary N) is 1. The Morgan fingerprint density at radius 2 is 1.00 bits per heavy atom. The molecule has 37 heteroatoms. The zero-order valence-electron chi connectivity index (χ0n) is 44.0. The van der Waals surface area contributed by atoms with Gasteiger partial charge in [0.1, 0.15) is 85.3 Å². The molecular formula is C43H82F3N19O15. The van der Waals surface area contributed by atoms with Gasteiger partial charge in [0.2, 0.25) is 5.91 Å². The van der Waals surface area contributed by atoms with Gasteiger partial charge in [0, 0.05) is 13.0 Å². The maximum absolute atomic E-state index is 13.3. The standard InChI is InChI=1S/C41H81N19O13.C2HF3O2/c1-2-3-4-5-6-7-8-9-10-11-21(61)54-15-20-30(71-31-22(59-40(50)51)25(63)18(68-33(31)67)13-55-36(42)43)28(66)35(70-20)73-32-24(62)16(57-38(46)47)12-17(58-39(48)49)29(32)72-34-23(60-41(52)53)27(65)26(64)19(69-34)14-56-37(44)45;3-2(4,5)1(6)7/h16-20,22-35,62-67H,2-15H2,1H3,(H,54,61)(H4,42,43,55)(H4,44,45,56)(H4,46,47,57)(H4,48,49,58)(H4,50,51,59)(H4,52,53,60);(H,6,7)/t16-,17+,18-,19-,20-,22-,23-,24+,25-,26-,27-,28-,29-,30-,31-,32-,33+,34-,35?;/m1./s1. The molecule has 460 valence electrons. The number of ether oxygens (including phenoxy) is 6. The molecule has 0 spiro atoms. The Labute approximate surface area is 457 Å². The molecule has 0 aromatic heterocycles.